The van der Waals surface area contributed by atoms with Gasteiger partial charge in [-0.05, 0) is 23.8 Å². The molecule has 0 radical (unpaired) electrons. The van der Waals surface area contributed by atoms with Gasteiger partial charge in [-0.2, -0.15) is 0 Å². The largest absolute Gasteiger partial charge is 0.463 e. The number of methoxy groups -OCH3 is 1. The summed E-state index contributed by atoms with van der Waals surface area (Å²) < 4.78 is 4.58. The Bertz CT molecular complexity index is 682. The van der Waals surface area contributed by atoms with E-state index in [1.54, 1.807) is 0 Å². The second-order valence-corrected chi connectivity index (χ2v) is 5.74. The molecule has 1 saturated carbocycles. The van der Waals surface area contributed by atoms with Crippen molar-refractivity contribution >= 4 is 23.3 Å². The summed E-state index contributed by atoms with van der Waals surface area (Å²) in [5.41, 5.74) is 1.23. The number of allylic oxidation sites excluding steroid dienone is 3. The van der Waals surface area contributed by atoms with Gasteiger partial charge in [-0.1, -0.05) is 42.5 Å². The van der Waals surface area contributed by atoms with Crippen molar-refractivity contribution in [3.05, 3.63) is 48.0 Å². The lowest BCUT2D eigenvalue weighted by Gasteiger charge is -2.26. The van der Waals surface area contributed by atoms with Gasteiger partial charge in [0.2, 0.25) is 5.78 Å². The third-order valence-electron chi connectivity index (χ3n) is 4.68. The van der Waals surface area contributed by atoms with Crippen LogP contribution < -0.4 is 0 Å². The fraction of sp³-hybridized carbons (Fsp3) is 0.333. The molecular weight excluding hydrogens is 280 g/mol. The fourth-order valence-corrected chi connectivity index (χ4v) is 3.75. The minimum absolute atomic E-state index is 0.00587. The van der Waals surface area contributed by atoms with Crippen LogP contribution in [0.15, 0.2) is 42.5 Å². The van der Waals surface area contributed by atoms with Crippen LogP contribution in [0.25, 0.3) is 5.57 Å². The lowest BCUT2D eigenvalue weighted by atomic mass is 9.74. The van der Waals surface area contributed by atoms with Gasteiger partial charge in [0, 0.05) is 17.4 Å². The maximum Gasteiger partial charge on any atom is 0.374 e. The van der Waals surface area contributed by atoms with Crippen LogP contribution in [0.1, 0.15) is 12.0 Å². The maximum absolute atomic E-state index is 12.4. The molecule has 0 saturated heterocycles. The Morgan fingerprint density at radius 3 is 2.32 bits per heavy atom. The van der Waals surface area contributed by atoms with Crippen molar-refractivity contribution in [1.29, 1.82) is 0 Å². The molecule has 4 atom stereocenters. The highest BCUT2D eigenvalue weighted by Crippen LogP contribution is 2.52. The number of rotatable bonds is 4. The van der Waals surface area contributed by atoms with Crippen molar-refractivity contribution in [3.8, 4) is 0 Å². The zero-order valence-electron chi connectivity index (χ0n) is 12.2. The Hall–Kier alpha value is -2.45. The van der Waals surface area contributed by atoms with Crippen LogP contribution in [0.4, 0.5) is 0 Å². The van der Waals surface area contributed by atoms with Gasteiger partial charge in [-0.3, -0.25) is 4.79 Å². The Morgan fingerprint density at radius 2 is 1.73 bits per heavy atom. The number of esters is 1. The van der Waals surface area contributed by atoms with E-state index in [2.05, 4.69) is 4.74 Å². The first-order valence-corrected chi connectivity index (χ1v) is 7.28. The molecule has 112 valence electrons. The first kappa shape index (κ1) is 14.5. The number of hydrogen-bond donors (Lipinski definition) is 0. The molecule has 3 rings (SSSR count). The molecule has 22 heavy (non-hydrogen) atoms. The summed E-state index contributed by atoms with van der Waals surface area (Å²) in [6, 6.07) is 9.20. The predicted molar refractivity (Wildman–Crippen MR) is 80.3 cm³/mol. The van der Waals surface area contributed by atoms with Crippen LogP contribution in [0.2, 0.25) is 0 Å². The number of ketones is 1. The summed E-state index contributed by atoms with van der Waals surface area (Å²) in [6.45, 7) is 0. The Morgan fingerprint density at radius 1 is 1.09 bits per heavy atom. The van der Waals surface area contributed by atoms with Crippen molar-refractivity contribution in [2.75, 3.05) is 7.11 Å². The highest BCUT2D eigenvalue weighted by molar-refractivity contribution is 6.35. The molecule has 0 heterocycles. The first-order chi connectivity index (χ1) is 10.7. The van der Waals surface area contributed by atoms with E-state index in [9.17, 15) is 14.4 Å². The zero-order chi connectivity index (χ0) is 15.7. The average molecular weight is 296 g/mol. The molecule has 1 aromatic rings. The number of fused-ring (bicyclic) bond motifs is 2. The van der Waals surface area contributed by atoms with Crippen LogP contribution in [-0.2, 0) is 19.1 Å². The standard InChI is InChI=1S/C18H16O4/c1-22-18(21)17(20)16-13-8-7-12(9-13)15(16)14(10-19)11-5-3-2-4-6-11/h2-8,12-13,15-16H,9H2,1H3/t12-,13+,15-,16-/m0/s1. The van der Waals surface area contributed by atoms with Crippen LogP contribution in [0.5, 0.6) is 0 Å². The summed E-state index contributed by atoms with van der Waals surface area (Å²) in [6.07, 6.45) is 4.80. The molecule has 2 aliphatic carbocycles. The van der Waals surface area contributed by atoms with Gasteiger partial charge in [-0.25, -0.2) is 9.59 Å². The van der Waals surface area contributed by atoms with E-state index >= 15 is 0 Å². The molecule has 4 nitrogen and oxygen atoms in total. The lowest BCUT2D eigenvalue weighted by molar-refractivity contribution is -0.154. The SMILES string of the molecule is COC(=O)C(=O)[C@@H]1[C@H](C(=C=O)c2ccccc2)[C@H]2C=C[C@@H]1C2. The number of carbonyl (C=O) groups excluding carboxylic acids is 3. The molecule has 0 spiro atoms. The fourth-order valence-electron chi connectivity index (χ4n) is 3.75. The highest BCUT2D eigenvalue weighted by atomic mass is 16.5. The first-order valence-electron chi connectivity index (χ1n) is 7.28. The molecule has 0 N–H and O–H groups in total. The van der Waals surface area contributed by atoms with Gasteiger partial charge in [0.25, 0.3) is 0 Å². The summed E-state index contributed by atoms with van der Waals surface area (Å²) in [5, 5.41) is 0. The number of benzene rings is 1. The molecule has 1 aromatic carbocycles. The number of Topliss-reactive ketones (excluding diaryl/α,β-unsaturated/α-hetero) is 1. The topological polar surface area (TPSA) is 60.4 Å². The third-order valence-corrected chi connectivity index (χ3v) is 4.68. The Kier molecular flexibility index (Phi) is 3.78. The summed E-state index contributed by atoms with van der Waals surface area (Å²) >= 11 is 0. The van der Waals surface area contributed by atoms with Gasteiger partial charge in [0.1, 0.15) is 5.94 Å². The molecule has 0 amide bonds. The Labute approximate surface area is 128 Å². The van der Waals surface area contributed by atoms with E-state index in [-0.39, 0.29) is 17.8 Å². The van der Waals surface area contributed by atoms with E-state index in [1.165, 1.54) is 7.11 Å². The number of ether oxygens (including phenoxy) is 1. The quantitative estimate of drug-likeness (QED) is 0.369. The van der Waals surface area contributed by atoms with Gasteiger partial charge in [0.15, 0.2) is 0 Å². The van der Waals surface area contributed by atoms with E-state index in [4.69, 9.17) is 0 Å². The summed E-state index contributed by atoms with van der Waals surface area (Å²) in [7, 11) is 1.20. The smallest absolute Gasteiger partial charge is 0.374 e. The molecule has 0 aliphatic heterocycles. The van der Waals surface area contributed by atoms with Crippen LogP contribution >= 0.6 is 0 Å². The monoisotopic (exact) mass is 296 g/mol. The van der Waals surface area contributed by atoms with Crippen molar-refractivity contribution in [1.82, 2.24) is 0 Å². The summed E-state index contributed by atoms with van der Waals surface area (Å²) in [5.74, 6) is -0.113. The van der Waals surface area contributed by atoms with Gasteiger partial charge >= 0.3 is 5.97 Å². The van der Waals surface area contributed by atoms with E-state index in [0.717, 1.165) is 12.0 Å². The number of hydrogen-bond acceptors (Lipinski definition) is 4. The molecular formula is C18H16O4. The van der Waals surface area contributed by atoms with Crippen molar-refractivity contribution in [2.45, 2.75) is 6.42 Å². The normalized spacial score (nSPS) is 28.2. The molecule has 1 fully saturated rings. The zero-order valence-corrected chi connectivity index (χ0v) is 12.2. The molecule has 2 bridgehead atoms. The molecule has 2 aliphatic rings. The van der Waals surface area contributed by atoms with Crippen molar-refractivity contribution in [2.24, 2.45) is 23.7 Å². The van der Waals surface area contributed by atoms with E-state index in [0.29, 0.717) is 5.57 Å². The van der Waals surface area contributed by atoms with Crippen LogP contribution in [0.3, 0.4) is 0 Å². The highest BCUT2D eigenvalue weighted by Gasteiger charge is 2.51. The van der Waals surface area contributed by atoms with Gasteiger partial charge in [-0.15, -0.1) is 0 Å². The van der Waals surface area contributed by atoms with Crippen molar-refractivity contribution in [3.63, 3.8) is 0 Å². The Balaban J connectivity index is 2.00. The molecule has 4 heteroatoms. The third kappa shape index (κ3) is 2.22. The summed E-state index contributed by atoms with van der Waals surface area (Å²) in [4.78, 5) is 35.6. The second-order valence-electron chi connectivity index (χ2n) is 5.74. The van der Waals surface area contributed by atoms with E-state index in [1.807, 2.05) is 48.4 Å². The second kappa shape index (κ2) is 5.74. The average Bonchev–Trinajstić information content (AvgIpc) is 3.17. The minimum atomic E-state index is -0.839. The predicted octanol–water partition coefficient (Wildman–Crippen LogP) is 2.08. The lowest BCUT2D eigenvalue weighted by Crippen LogP contribution is -2.34. The van der Waals surface area contributed by atoms with Crippen molar-refractivity contribution < 1.29 is 19.1 Å². The van der Waals surface area contributed by atoms with Crippen LogP contribution in [-0.4, -0.2) is 24.8 Å². The maximum atomic E-state index is 12.4. The molecule has 0 aromatic heterocycles. The van der Waals surface area contributed by atoms with Gasteiger partial charge < -0.3 is 4.74 Å². The van der Waals surface area contributed by atoms with E-state index < -0.39 is 17.7 Å². The van der Waals surface area contributed by atoms with Crippen LogP contribution in [0, 0.1) is 23.7 Å². The minimum Gasteiger partial charge on any atom is -0.463 e. The van der Waals surface area contributed by atoms with Gasteiger partial charge in [0.05, 0.1) is 7.11 Å². The molecule has 0 unspecified atom stereocenters. The number of carbonyl (C=O) groups is 2.